The Morgan fingerprint density at radius 3 is 2.39 bits per heavy atom. The molecule has 0 aromatic heterocycles. The molecule has 1 aromatic rings. The lowest BCUT2D eigenvalue weighted by atomic mass is 10.1. The van der Waals surface area contributed by atoms with Crippen molar-refractivity contribution in [2.45, 2.75) is 52.1 Å². The first kappa shape index (κ1) is 15.0. The Morgan fingerprint density at radius 2 is 1.72 bits per heavy atom. The van der Waals surface area contributed by atoms with Crippen LogP contribution in [0.4, 0.5) is 0 Å². The van der Waals surface area contributed by atoms with Gasteiger partial charge in [-0.2, -0.15) is 0 Å². The minimum Gasteiger partial charge on any atom is -0.485 e. The van der Waals surface area contributed by atoms with E-state index in [2.05, 4.69) is 20.8 Å². The standard InChI is InChI=1S/C16H26O2/c1-4-5-6-10-13-17-14-16(2,3)18-15-11-8-7-9-12-15/h7-9,11-12H,4-6,10,13-14H2,1-3H3. The first-order valence-electron chi connectivity index (χ1n) is 6.96. The van der Waals surface area contributed by atoms with Crippen LogP contribution in [-0.2, 0) is 4.74 Å². The van der Waals surface area contributed by atoms with Crippen molar-refractivity contribution < 1.29 is 9.47 Å². The second-order valence-electron chi connectivity index (χ2n) is 5.29. The number of rotatable bonds is 9. The van der Waals surface area contributed by atoms with Crippen molar-refractivity contribution in [1.82, 2.24) is 0 Å². The predicted octanol–water partition coefficient (Wildman–Crippen LogP) is 4.44. The molecule has 0 aliphatic rings. The predicted molar refractivity (Wildman–Crippen MR) is 76.1 cm³/mol. The van der Waals surface area contributed by atoms with E-state index in [1.54, 1.807) is 0 Å². The summed E-state index contributed by atoms with van der Waals surface area (Å²) in [6.45, 7) is 7.81. The molecule has 0 aliphatic carbocycles. The van der Waals surface area contributed by atoms with Crippen molar-refractivity contribution in [2.75, 3.05) is 13.2 Å². The number of ether oxygens (including phenoxy) is 2. The fourth-order valence-electron chi connectivity index (χ4n) is 1.79. The van der Waals surface area contributed by atoms with Crippen LogP contribution in [0, 0.1) is 0 Å². The van der Waals surface area contributed by atoms with Crippen LogP contribution < -0.4 is 4.74 Å². The van der Waals surface area contributed by atoms with E-state index in [0.717, 1.165) is 18.8 Å². The van der Waals surface area contributed by atoms with Crippen LogP contribution in [0.2, 0.25) is 0 Å². The summed E-state index contributed by atoms with van der Waals surface area (Å²) in [5.41, 5.74) is -0.272. The maximum absolute atomic E-state index is 5.90. The minimum atomic E-state index is -0.272. The molecule has 2 heteroatoms. The lowest BCUT2D eigenvalue weighted by Crippen LogP contribution is -2.34. The van der Waals surface area contributed by atoms with Crippen LogP contribution in [0.3, 0.4) is 0 Å². The fourth-order valence-corrected chi connectivity index (χ4v) is 1.79. The molecule has 0 radical (unpaired) electrons. The molecule has 0 unspecified atom stereocenters. The van der Waals surface area contributed by atoms with E-state index in [0.29, 0.717) is 6.61 Å². The normalized spacial score (nSPS) is 11.5. The van der Waals surface area contributed by atoms with Crippen molar-refractivity contribution in [3.63, 3.8) is 0 Å². The van der Waals surface area contributed by atoms with Gasteiger partial charge in [0, 0.05) is 6.61 Å². The third-order valence-corrected chi connectivity index (χ3v) is 2.73. The van der Waals surface area contributed by atoms with Crippen LogP contribution in [0.15, 0.2) is 30.3 Å². The van der Waals surface area contributed by atoms with Gasteiger partial charge in [0.1, 0.15) is 11.4 Å². The van der Waals surface area contributed by atoms with Gasteiger partial charge in [0.05, 0.1) is 6.61 Å². The highest BCUT2D eigenvalue weighted by Crippen LogP contribution is 2.18. The van der Waals surface area contributed by atoms with Crippen LogP contribution in [0.25, 0.3) is 0 Å². The Bertz CT molecular complexity index is 306. The van der Waals surface area contributed by atoms with E-state index < -0.39 is 0 Å². The number of hydrogen-bond acceptors (Lipinski definition) is 2. The SMILES string of the molecule is CCCCCCOCC(C)(C)Oc1ccccc1. The molecule has 2 nitrogen and oxygen atoms in total. The second kappa shape index (κ2) is 8.15. The first-order valence-corrected chi connectivity index (χ1v) is 6.96. The minimum absolute atomic E-state index is 0.272. The van der Waals surface area contributed by atoms with Gasteiger partial charge < -0.3 is 9.47 Å². The second-order valence-corrected chi connectivity index (χ2v) is 5.29. The van der Waals surface area contributed by atoms with E-state index in [1.165, 1.54) is 19.3 Å². The van der Waals surface area contributed by atoms with Gasteiger partial charge in [0.2, 0.25) is 0 Å². The maximum Gasteiger partial charge on any atom is 0.127 e. The molecule has 0 amide bonds. The molecule has 1 aromatic carbocycles. The van der Waals surface area contributed by atoms with Gasteiger partial charge in [-0.05, 0) is 32.4 Å². The van der Waals surface area contributed by atoms with E-state index in [4.69, 9.17) is 9.47 Å². The lowest BCUT2D eigenvalue weighted by molar-refractivity contribution is -0.00433. The van der Waals surface area contributed by atoms with Crippen LogP contribution >= 0.6 is 0 Å². The summed E-state index contributed by atoms with van der Waals surface area (Å²) >= 11 is 0. The van der Waals surface area contributed by atoms with Crippen molar-refractivity contribution in [3.05, 3.63) is 30.3 Å². The molecule has 0 saturated heterocycles. The molecule has 0 saturated carbocycles. The molecule has 18 heavy (non-hydrogen) atoms. The van der Waals surface area contributed by atoms with Crippen molar-refractivity contribution in [1.29, 1.82) is 0 Å². The lowest BCUT2D eigenvalue weighted by Gasteiger charge is -2.26. The molecule has 0 atom stereocenters. The van der Waals surface area contributed by atoms with Crippen molar-refractivity contribution in [3.8, 4) is 5.75 Å². The van der Waals surface area contributed by atoms with Crippen LogP contribution in [0.5, 0.6) is 5.75 Å². The summed E-state index contributed by atoms with van der Waals surface area (Å²) in [7, 11) is 0. The van der Waals surface area contributed by atoms with Crippen LogP contribution in [0.1, 0.15) is 46.5 Å². The Hall–Kier alpha value is -1.02. The zero-order valence-electron chi connectivity index (χ0n) is 11.9. The monoisotopic (exact) mass is 250 g/mol. The van der Waals surface area contributed by atoms with E-state index in [1.807, 2.05) is 30.3 Å². The van der Waals surface area contributed by atoms with E-state index >= 15 is 0 Å². The highest BCUT2D eigenvalue weighted by atomic mass is 16.5. The van der Waals surface area contributed by atoms with Gasteiger partial charge in [-0.15, -0.1) is 0 Å². The average Bonchev–Trinajstić information content (AvgIpc) is 2.34. The summed E-state index contributed by atoms with van der Waals surface area (Å²) in [5, 5.41) is 0. The van der Waals surface area contributed by atoms with Gasteiger partial charge in [0.15, 0.2) is 0 Å². The third-order valence-electron chi connectivity index (χ3n) is 2.73. The first-order chi connectivity index (χ1) is 8.64. The molecular weight excluding hydrogens is 224 g/mol. The van der Waals surface area contributed by atoms with E-state index in [9.17, 15) is 0 Å². The Labute approximate surface area is 111 Å². The summed E-state index contributed by atoms with van der Waals surface area (Å²) < 4.78 is 11.6. The molecule has 102 valence electrons. The zero-order chi connectivity index (χ0) is 13.3. The Morgan fingerprint density at radius 1 is 1.00 bits per heavy atom. The molecular formula is C16H26O2. The summed E-state index contributed by atoms with van der Waals surface area (Å²) in [6, 6.07) is 9.91. The maximum atomic E-state index is 5.90. The number of para-hydroxylation sites is 1. The summed E-state index contributed by atoms with van der Waals surface area (Å²) in [6.07, 6.45) is 4.97. The van der Waals surface area contributed by atoms with E-state index in [-0.39, 0.29) is 5.60 Å². The molecule has 0 spiro atoms. The van der Waals surface area contributed by atoms with Crippen molar-refractivity contribution >= 4 is 0 Å². The quantitative estimate of drug-likeness (QED) is 0.603. The van der Waals surface area contributed by atoms with Crippen molar-refractivity contribution in [2.24, 2.45) is 0 Å². The largest absolute Gasteiger partial charge is 0.485 e. The number of benzene rings is 1. The molecule has 0 fully saturated rings. The summed E-state index contributed by atoms with van der Waals surface area (Å²) in [5.74, 6) is 0.900. The molecule has 0 aliphatic heterocycles. The van der Waals surface area contributed by atoms with Gasteiger partial charge in [0.25, 0.3) is 0 Å². The Balaban J connectivity index is 2.19. The molecule has 0 heterocycles. The fraction of sp³-hybridized carbons (Fsp3) is 0.625. The molecule has 0 N–H and O–H groups in total. The Kier molecular flexibility index (Phi) is 6.81. The third kappa shape index (κ3) is 6.65. The number of hydrogen-bond donors (Lipinski definition) is 0. The van der Waals surface area contributed by atoms with Gasteiger partial charge in [-0.1, -0.05) is 44.4 Å². The topological polar surface area (TPSA) is 18.5 Å². The van der Waals surface area contributed by atoms with Gasteiger partial charge in [-0.25, -0.2) is 0 Å². The molecule has 1 rings (SSSR count). The highest BCUT2D eigenvalue weighted by molar-refractivity contribution is 5.21. The molecule has 0 bridgehead atoms. The van der Waals surface area contributed by atoms with Crippen LogP contribution in [-0.4, -0.2) is 18.8 Å². The zero-order valence-corrected chi connectivity index (χ0v) is 11.9. The highest BCUT2D eigenvalue weighted by Gasteiger charge is 2.19. The summed E-state index contributed by atoms with van der Waals surface area (Å²) in [4.78, 5) is 0. The smallest absolute Gasteiger partial charge is 0.127 e. The van der Waals surface area contributed by atoms with Gasteiger partial charge >= 0.3 is 0 Å². The average molecular weight is 250 g/mol. The van der Waals surface area contributed by atoms with Gasteiger partial charge in [-0.3, -0.25) is 0 Å². The number of unbranched alkanes of at least 4 members (excludes halogenated alkanes) is 3.